The molecule has 0 atom stereocenters. The smallest absolute Gasteiger partial charge is 0.177 e. The minimum Gasteiger partial charge on any atom is -0.177 e. The third-order valence-corrected chi connectivity index (χ3v) is 3.74. The van der Waals surface area contributed by atoms with E-state index in [1.54, 1.807) is 4.80 Å². The van der Waals surface area contributed by atoms with Crippen molar-refractivity contribution >= 4 is 6.08 Å². The van der Waals surface area contributed by atoms with E-state index < -0.39 is 0 Å². The van der Waals surface area contributed by atoms with Crippen molar-refractivity contribution in [2.24, 2.45) is 0 Å². The Kier molecular flexibility index (Phi) is 3.83. The van der Waals surface area contributed by atoms with Gasteiger partial charge in [0.15, 0.2) is 0 Å². The van der Waals surface area contributed by atoms with Crippen LogP contribution in [0.25, 0.3) is 28.9 Å². The molecule has 4 aromatic rings. The second kappa shape index (κ2) is 6.44. The number of nitrogens with one attached hydrogen (secondary N) is 1. The summed E-state index contributed by atoms with van der Waals surface area (Å²) in [4.78, 5) is 1.57. The Bertz CT molecular complexity index is 968. The number of aromatic amines is 1. The molecule has 0 amide bonds. The molecule has 8 nitrogen and oxygen atoms in total. The first-order valence-electron chi connectivity index (χ1n) is 7.65. The van der Waals surface area contributed by atoms with Crippen molar-refractivity contribution in [3.63, 3.8) is 0 Å². The quantitative estimate of drug-likeness (QED) is 0.602. The van der Waals surface area contributed by atoms with Crippen molar-refractivity contribution in [1.29, 1.82) is 0 Å². The number of rotatable bonds is 5. The molecular formula is C17H14N8. The van der Waals surface area contributed by atoms with Crippen LogP contribution in [0.4, 0.5) is 0 Å². The number of H-pyrrole nitrogens is 1. The topological polar surface area (TPSA) is 98.1 Å². The Hall–Kier alpha value is -3.68. The van der Waals surface area contributed by atoms with Gasteiger partial charge in [-0.15, -0.1) is 20.4 Å². The van der Waals surface area contributed by atoms with E-state index in [9.17, 15) is 0 Å². The lowest BCUT2D eigenvalue weighted by Crippen LogP contribution is -2.03. The van der Waals surface area contributed by atoms with E-state index in [2.05, 4.69) is 42.6 Å². The lowest BCUT2D eigenvalue weighted by Gasteiger charge is -2.00. The zero-order valence-electron chi connectivity index (χ0n) is 13.2. The van der Waals surface area contributed by atoms with Gasteiger partial charge in [0.2, 0.25) is 11.6 Å². The summed E-state index contributed by atoms with van der Waals surface area (Å²) in [6.45, 7) is 4.31. The van der Waals surface area contributed by atoms with Crippen LogP contribution >= 0.6 is 0 Å². The van der Waals surface area contributed by atoms with Crippen molar-refractivity contribution in [1.82, 2.24) is 40.8 Å². The molecular weight excluding hydrogens is 316 g/mol. The van der Waals surface area contributed by atoms with E-state index in [1.165, 1.54) is 0 Å². The molecule has 2 aromatic heterocycles. The maximum atomic E-state index is 4.44. The van der Waals surface area contributed by atoms with Crippen molar-refractivity contribution in [3.05, 3.63) is 66.2 Å². The minimum absolute atomic E-state index is 0.547. The molecule has 0 unspecified atom stereocenters. The van der Waals surface area contributed by atoms with Crippen molar-refractivity contribution in [2.75, 3.05) is 0 Å². The molecule has 1 N–H and O–H groups in total. The van der Waals surface area contributed by atoms with E-state index in [-0.39, 0.29) is 0 Å². The molecule has 0 spiro atoms. The molecule has 2 aromatic carbocycles. The van der Waals surface area contributed by atoms with Gasteiger partial charge in [-0.1, -0.05) is 61.2 Å². The van der Waals surface area contributed by atoms with Gasteiger partial charge in [-0.3, -0.25) is 0 Å². The van der Waals surface area contributed by atoms with Crippen LogP contribution in [-0.2, 0) is 6.54 Å². The predicted octanol–water partition coefficient (Wildman–Crippen LogP) is 2.21. The minimum atomic E-state index is 0.547. The summed E-state index contributed by atoms with van der Waals surface area (Å²) >= 11 is 0. The molecule has 2 heterocycles. The highest BCUT2D eigenvalue weighted by molar-refractivity contribution is 5.62. The molecule has 0 aliphatic carbocycles. The lowest BCUT2D eigenvalue weighted by atomic mass is 10.1. The SMILES string of the molecule is C=Cc1ccc(Cn2nnc(-c3ccc(-c4nn[nH]n4)cc3)n2)cc1. The van der Waals surface area contributed by atoms with E-state index in [1.807, 2.05) is 54.6 Å². The summed E-state index contributed by atoms with van der Waals surface area (Å²) in [5.41, 5.74) is 3.92. The predicted molar refractivity (Wildman–Crippen MR) is 92.1 cm³/mol. The number of benzene rings is 2. The van der Waals surface area contributed by atoms with Crippen LogP contribution in [-0.4, -0.2) is 40.8 Å². The van der Waals surface area contributed by atoms with Crippen molar-refractivity contribution in [3.8, 4) is 22.8 Å². The van der Waals surface area contributed by atoms with Crippen LogP contribution in [0.2, 0.25) is 0 Å². The standard InChI is InChI=1S/C17H14N8/c1-2-12-3-5-13(6-4-12)11-25-21-17(20-24-25)15-9-7-14(8-10-15)16-18-22-23-19-16/h2-10H,1,11H2,(H,18,19,22,23). The van der Waals surface area contributed by atoms with Crippen molar-refractivity contribution < 1.29 is 0 Å². The Morgan fingerprint density at radius 2 is 1.64 bits per heavy atom. The first kappa shape index (κ1) is 14.9. The number of aromatic nitrogens is 8. The summed E-state index contributed by atoms with van der Waals surface area (Å²) in [5.74, 6) is 1.12. The first-order valence-corrected chi connectivity index (χ1v) is 7.65. The van der Waals surface area contributed by atoms with Gasteiger partial charge in [-0.2, -0.15) is 10.0 Å². The monoisotopic (exact) mass is 330 g/mol. The molecule has 8 heteroatoms. The van der Waals surface area contributed by atoms with Gasteiger partial charge in [0.1, 0.15) is 0 Å². The molecule has 0 fully saturated rings. The largest absolute Gasteiger partial charge is 0.204 e. The van der Waals surface area contributed by atoms with E-state index in [4.69, 9.17) is 0 Å². The van der Waals surface area contributed by atoms with Gasteiger partial charge in [0.25, 0.3) is 0 Å². The van der Waals surface area contributed by atoms with Crippen LogP contribution in [0.3, 0.4) is 0 Å². The lowest BCUT2D eigenvalue weighted by molar-refractivity contribution is 0.573. The molecule has 0 aliphatic heterocycles. The Balaban J connectivity index is 1.51. The first-order chi connectivity index (χ1) is 12.3. The van der Waals surface area contributed by atoms with E-state index in [0.717, 1.165) is 22.3 Å². The van der Waals surface area contributed by atoms with Crippen LogP contribution in [0.5, 0.6) is 0 Å². The molecule has 0 saturated carbocycles. The Labute approximate surface area is 143 Å². The third-order valence-electron chi connectivity index (χ3n) is 3.74. The third kappa shape index (κ3) is 3.18. The van der Waals surface area contributed by atoms with Gasteiger partial charge < -0.3 is 0 Å². The fourth-order valence-corrected chi connectivity index (χ4v) is 2.40. The molecule has 0 bridgehead atoms. The van der Waals surface area contributed by atoms with Crippen LogP contribution in [0.15, 0.2) is 55.1 Å². The fraction of sp³-hybridized carbons (Fsp3) is 0.0588. The maximum absolute atomic E-state index is 4.44. The number of hydrogen-bond acceptors (Lipinski definition) is 6. The average Bonchev–Trinajstić information content (AvgIpc) is 3.35. The van der Waals surface area contributed by atoms with E-state index in [0.29, 0.717) is 18.2 Å². The fourth-order valence-electron chi connectivity index (χ4n) is 2.40. The molecule has 122 valence electrons. The van der Waals surface area contributed by atoms with Gasteiger partial charge >= 0.3 is 0 Å². The molecule has 25 heavy (non-hydrogen) atoms. The van der Waals surface area contributed by atoms with Crippen molar-refractivity contribution in [2.45, 2.75) is 6.54 Å². The number of nitrogens with zero attached hydrogens (tertiary/aromatic N) is 7. The summed E-state index contributed by atoms with van der Waals surface area (Å²) < 4.78 is 0. The summed E-state index contributed by atoms with van der Waals surface area (Å²) in [6.07, 6.45) is 1.81. The summed E-state index contributed by atoms with van der Waals surface area (Å²) in [6, 6.07) is 15.7. The molecule has 0 radical (unpaired) electrons. The van der Waals surface area contributed by atoms with Gasteiger partial charge in [-0.25, -0.2) is 0 Å². The van der Waals surface area contributed by atoms with Crippen LogP contribution in [0.1, 0.15) is 11.1 Å². The van der Waals surface area contributed by atoms with Gasteiger partial charge in [-0.05, 0) is 21.6 Å². The number of tetrazole rings is 2. The second-order valence-corrected chi connectivity index (χ2v) is 5.40. The second-order valence-electron chi connectivity index (χ2n) is 5.40. The van der Waals surface area contributed by atoms with Gasteiger partial charge in [0.05, 0.1) is 6.54 Å². The van der Waals surface area contributed by atoms with Gasteiger partial charge in [0, 0.05) is 11.1 Å². The summed E-state index contributed by atoms with van der Waals surface area (Å²) in [5, 5.41) is 26.6. The molecule has 4 rings (SSSR count). The number of hydrogen-bond donors (Lipinski definition) is 1. The zero-order chi connectivity index (χ0) is 17.1. The zero-order valence-corrected chi connectivity index (χ0v) is 13.2. The van der Waals surface area contributed by atoms with Crippen LogP contribution in [0, 0.1) is 0 Å². The highest BCUT2D eigenvalue weighted by Crippen LogP contribution is 2.19. The average molecular weight is 330 g/mol. The van der Waals surface area contributed by atoms with Crippen LogP contribution < -0.4 is 0 Å². The Morgan fingerprint density at radius 3 is 2.28 bits per heavy atom. The van der Waals surface area contributed by atoms with E-state index >= 15 is 0 Å². The maximum Gasteiger partial charge on any atom is 0.204 e. The molecule has 0 saturated heterocycles. The molecule has 0 aliphatic rings. The Morgan fingerprint density at radius 1 is 0.920 bits per heavy atom. The normalized spacial score (nSPS) is 10.7. The highest BCUT2D eigenvalue weighted by Gasteiger charge is 2.08. The highest BCUT2D eigenvalue weighted by atomic mass is 15.6. The summed E-state index contributed by atoms with van der Waals surface area (Å²) in [7, 11) is 0.